The molecule has 0 aliphatic carbocycles. The summed E-state index contributed by atoms with van der Waals surface area (Å²) in [4.78, 5) is 11.9. The van der Waals surface area contributed by atoms with Crippen molar-refractivity contribution in [3.05, 3.63) is 59.1 Å². The van der Waals surface area contributed by atoms with Crippen LogP contribution in [0.3, 0.4) is 0 Å². The molecule has 0 atom stereocenters. The standard InChI is InChI=1S/C16H17ClN2O2/c1-21-11-12-5-4-6-13(9-12)18-10-16(20)19-15-8-3-2-7-14(15)17/h2-9,18H,10-11H2,1H3,(H,19,20). The van der Waals surface area contributed by atoms with Gasteiger partial charge in [0.15, 0.2) is 0 Å². The maximum atomic E-state index is 11.9. The van der Waals surface area contributed by atoms with Crippen molar-refractivity contribution < 1.29 is 9.53 Å². The van der Waals surface area contributed by atoms with Gasteiger partial charge in [-0.05, 0) is 29.8 Å². The molecular weight excluding hydrogens is 288 g/mol. The first-order valence-electron chi connectivity index (χ1n) is 6.55. The molecule has 1 amide bonds. The third-order valence-electron chi connectivity index (χ3n) is 2.84. The van der Waals surface area contributed by atoms with Crippen LogP contribution >= 0.6 is 11.6 Å². The van der Waals surface area contributed by atoms with Crippen molar-refractivity contribution in [2.75, 3.05) is 24.3 Å². The van der Waals surface area contributed by atoms with Crippen molar-refractivity contribution >= 4 is 28.9 Å². The maximum absolute atomic E-state index is 11.9. The van der Waals surface area contributed by atoms with Crippen molar-refractivity contribution in [3.8, 4) is 0 Å². The Kier molecular flexibility index (Phi) is 5.60. The smallest absolute Gasteiger partial charge is 0.243 e. The summed E-state index contributed by atoms with van der Waals surface area (Å²) in [6, 6.07) is 14.9. The number of ether oxygens (including phenoxy) is 1. The van der Waals surface area contributed by atoms with Gasteiger partial charge in [-0.2, -0.15) is 0 Å². The molecule has 0 aliphatic heterocycles. The second kappa shape index (κ2) is 7.67. The van der Waals surface area contributed by atoms with E-state index >= 15 is 0 Å². The summed E-state index contributed by atoms with van der Waals surface area (Å²) >= 11 is 5.99. The molecule has 2 rings (SSSR count). The maximum Gasteiger partial charge on any atom is 0.243 e. The van der Waals surface area contributed by atoms with Gasteiger partial charge < -0.3 is 15.4 Å². The van der Waals surface area contributed by atoms with Crippen molar-refractivity contribution in [2.24, 2.45) is 0 Å². The molecule has 5 heteroatoms. The van der Waals surface area contributed by atoms with E-state index in [9.17, 15) is 4.79 Å². The monoisotopic (exact) mass is 304 g/mol. The second-order valence-electron chi connectivity index (χ2n) is 4.51. The Hall–Kier alpha value is -2.04. The van der Waals surface area contributed by atoms with Gasteiger partial charge in [0.05, 0.1) is 23.9 Å². The molecule has 0 radical (unpaired) electrons. The Balaban J connectivity index is 1.89. The molecule has 110 valence electrons. The summed E-state index contributed by atoms with van der Waals surface area (Å²) in [6.45, 7) is 0.711. The number of carbonyl (C=O) groups is 1. The largest absolute Gasteiger partial charge is 0.380 e. The number of amides is 1. The average Bonchev–Trinajstić information content (AvgIpc) is 2.48. The fraction of sp³-hybridized carbons (Fsp3) is 0.188. The van der Waals surface area contributed by atoms with Crippen LogP contribution in [0.25, 0.3) is 0 Å². The van der Waals surface area contributed by atoms with Crippen LogP contribution in [0, 0.1) is 0 Å². The highest BCUT2D eigenvalue weighted by molar-refractivity contribution is 6.33. The highest BCUT2D eigenvalue weighted by Crippen LogP contribution is 2.20. The van der Waals surface area contributed by atoms with Gasteiger partial charge in [-0.3, -0.25) is 4.79 Å². The molecule has 0 spiro atoms. The van der Waals surface area contributed by atoms with Gasteiger partial charge in [-0.25, -0.2) is 0 Å². The van der Waals surface area contributed by atoms with Gasteiger partial charge in [0.25, 0.3) is 0 Å². The van der Waals surface area contributed by atoms with Gasteiger partial charge in [-0.15, -0.1) is 0 Å². The van der Waals surface area contributed by atoms with E-state index < -0.39 is 0 Å². The van der Waals surface area contributed by atoms with Crippen molar-refractivity contribution in [3.63, 3.8) is 0 Å². The van der Waals surface area contributed by atoms with E-state index in [-0.39, 0.29) is 12.5 Å². The Morgan fingerprint density at radius 2 is 2.00 bits per heavy atom. The lowest BCUT2D eigenvalue weighted by Gasteiger charge is -2.10. The molecule has 0 unspecified atom stereocenters. The highest BCUT2D eigenvalue weighted by Gasteiger charge is 2.05. The predicted octanol–water partition coefficient (Wildman–Crippen LogP) is 3.54. The predicted molar refractivity (Wildman–Crippen MR) is 85.7 cm³/mol. The molecule has 0 aromatic heterocycles. The van der Waals surface area contributed by atoms with Crippen LogP contribution in [0.4, 0.5) is 11.4 Å². The van der Waals surface area contributed by atoms with E-state index in [0.29, 0.717) is 17.3 Å². The number of anilines is 2. The Labute approximate surface area is 129 Å². The highest BCUT2D eigenvalue weighted by atomic mass is 35.5. The summed E-state index contributed by atoms with van der Waals surface area (Å²) in [6.07, 6.45) is 0. The Bertz CT molecular complexity index is 617. The van der Waals surface area contributed by atoms with E-state index in [0.717, 1.165) is 11.3 Å². The van der Waals surface area contributed by atoms with E-state index in [1.165, 1.54) is 0 Å². The number of hydrogen-bond donors (Lipinski definition) is 2. The average molecular weight is 305 g/mol. The first-order valence-corrected chi connectivity index (χ1v) is 6.93. The van der Waals surface area contributed by atoms with Crippen LogP contribution in [-0.4, -0.2) is 19.6 Å². The Morgan fingerprint density at radius 3 is 2.76 bits per heavy atom. The van der Waals surface area contributed by atoms with Crippen LogP contribution in [0.15, 0.2) is 48.5 Å². The molecule has 0 aliphatic rings. The lowest BCUT2D eigenvalue weighted by atomic mass is 10.2. The minimum Gasteiger partial charge on any atom is -0.380 e. The summed E-state index contributed by atoms with van der Waals surface area (Å²) in [5, 5.41) is 6.36. The fourth-order valence-electron chi connectivity index (χ4n) is 1.88. The number of para-hydroxylation sites is 1. The zero-order valence-corrected chi connectivity index (χ0v) is 12.5. The normalized spacial score (nSPS) is 10.2. The molecule has 2 aromatic rings. The molecular formula is C16H17ClN2O2. The van der Waals surface area contributed by atoms with Crippen molar-refractivity contribution in [2.45, 2.75) is 6.61 Å². The third-order valence-corrected chi connectivity index (χ3v) is 3.17. The van der Waals surface area contributed by atoms with Crippen molar-refractivity contribution in [1.29, 1.82) is 0 Å². The zero-order valence-electron chi connectivity index (χ0n) is 11.7. The molecule has 0 fully saturated rings. The summed E-state index contributed by atoms with van der Waals surface area (Å²) in [5.41, 5.74) is 2.53. The SMILES string of the molecule is COCc1cccc(NCC(=O)Nc2ccccc2Cl)c1. The van der Waals surface area contributed by atoms with Gasteiger partial charge in [0.2, 0.25) is 5.91 Å². The summed E-state index contributed by atoms with van der Waals surface area (Å²) < 4.78 is 5.08. The fourth-order valence-corrected chi connectivity index (χ4v) is 2.06. The van der Waals surface area contributed by atoms with Crippen LogP contribution < -0.4 is 10.6 Å². The van der Waals surface area contributed by atoms with E-state index in [1.54, 1.807) is 19.2 Å². The lowest BCUT2D eigenvalue weighted by Crippen LogP contribution is -2.21. The molecule has 21 heavy (non-hydrogen) atoms. The minimum absolute atomic E-state index is 0.153. The molecule has 0 heterocycles. The molecule has 0 bridgehead atoms. The molecule has 0 saturated heterocycles. The zero-order chi connectivity index (χ0) is 15.1. The van der Waals surface area contributed by atoms with Crippen molar-refractivity contribution in [1.82, 2.24) is 0 Å². The number of methoxy groups -OCH3 is 1. The van der Waals surface area contributed by atoms with Gasteiger partial charge in [-0.1, -0.05) is 35.9 Å². The Morgan fingerprint density at radius 1 is 1.19 bits per heavy atom. The van der Waals surface area contributed by atoms with Gasteiger partial charge in [0.1, 0.15) is 0 Å². The molecule has 2 aromatic carbocycles. The third kappa shape index (κ3) is 4.77. The van der Waals surface area contributed by atoms with Crippen LogP contribution in [0.2, 0.25) is 5.02 Å². The minimum atomic E-state index is -0.153. The number of benzene rings is 2. The number of hydrogen-bond acceptors (Lipinski definition) is 3. The summed E-state index contributed by atoms with van der Waals surface area (Å²) in [5.74, 6) is -0.153. The topological polar surface area (TPSA) is 50.4 Å². The van der Waals surface area contributed by atoms with Crippen LogP contribution in [0.5, 0.6) is 0 Å². The first-order chi connectivity index (χ1) is 10.2. The van der Waals surface area contributed by atoms with E-state index in [4.69, 9.17) is 16.3 Å². The van der Waals surface area contributed by atoms with Crippen LogP contribution in [0.1, 0.15) is 5.56 Å². The number of nitrogens with one attached hydrogen (secondary N) is 2. The molecule has 4 nitrogen and oxygen atoms in total. The molecule has 0 saturated carbocycles. The number of halogens is 1. The summed E-state index contributed by atoms with van der Waals surface area (Å²) in [7, 11) is 1.65. The van der Waals surface area contributed by atoms with Crippen LogP contribution in [-0.2, 0) is 16.1 Å². The lowest BCUT2D eigenvalue weighted by molar-refractivity contribution is -0.114. The van der Waals surface area contributed by atoms with Gasteiger partial charge >= 0.3 is 0 Å². The van der Waals surface area contributed by atoms with Gasteiger partial charge in [0, 0.05) is 12.8 Å². The second-order valence-corrected chi connectivity index (χ2v) is 4.92. The number of carbonyl (C=O) groups excluding carboxylic acids is 1. The first kappa shape index (κ1) is 15.4. The van der Waals surface area contributed by atoms with E-state index in [2.05, 4.69) is 10.6 Å². The quantitative estimate of drug-likeness (QED) is 0.858. The van der Waals surface area contributed by atoms with E-state index in [1.807, 2.05) is 36.4 Å². The number of rotatable bonds is 6. The molecule has 2 N–H and O–H groups in total.